The molecule has 0 aromatic heterocycles. The fourth-order valence-electron chi connectivity index (χ4n) is 2.78. The molecule has 2 rings (SSSR count). The maximum atomic E-state index is 12.1. The molecule has 0 fully saturated rings. The molecule has 0 saturated carbocycles. The van der Waals surface area contributed by atoms with E-state index in [1.807, 2.05) is 26.8 Å². The van der Waals surface area contributed by atoms with Crippen molar-refractivity contribution in [2.45, 2.75) is 52.5 Å². The SMILES string of the molecule is CC(C)(C)[C@@H](NC(=O)Cc1ccc2c(c1)CCC2)C(=O)O. The van der Waals surface area contributed by atoms with Crippen molar-refractivity contribution in [1.29, 1.82) is 0 Å². The molecule has 1 amide bonds. The molecule has 1 aliphatic carbocycles. The summed E-state index contributed by atoms with van der Waals surface area (Å²) in [6.45, 7) is 5.42. The highest BCUT2D eigenvalue weighted by Gasteiger charge is 2.32. The predicted molar refractivity (Wildman–Crippen MR) is 81.2 cm³/mol. The van der Waals surface area contributed by atoms with E-state index in [-0.39, 0.29) is 12.3 Å². The second-order valence-electron chi connectivity index (χ2n) is 6.84. The number of fused-ring (bicyclic) bond motifs is 1. The van der Waals surface area contributed by atoms with Crippen molar-refractivity contribution in [3.8, 4) is 0 Å². The van der Waals surface area contributed by atoms with Gasteiger partial charge in [0.15, 0.2) is 0 Å². The standard InChI is InChI=1S/C17H23NO3/c1-17(2,3)15(16(20)21)18-14(19)10-11-7-8-12-5-4-6-13(12)9-11/h7-9,15H,4-6,10H2,1-3H3,(H,18,19)(H,20,21)/t15-/m0/s1. The van der Waals surface area contributed by atoms with Gasteiger partial charge < -0.3 is 10.4 Å². The molecule has 0 saturated heterocycles. The van der Waals surface area contributed by atoms with Crippen LogP contribution in [-0.4, -0.2) is 23.0 Å². The number of aryl methyl sites for hydroxylation is 2. The Bertz CT molecular complexity index is 558. The van der Waals surface area contributed by atoms with E-state index in [0.717, 1.165) is 18.4 Å². The molecule has 2 N–H and O–H groups in total. The lowest BCUT2D eigenvalue weighted by Gasteiger charge is -2.27. The van der Waals surface area contributed by atoms with Gasteiger partial charge >= 0.3 is 5.97 Å². The number of hydrogen-bond donors (Lipinski definition) is 2. The summed E-state index contributed by atoms with van der Waals surface area (Å²) in [5, 5.41) is 11.9. The average molecular weight is 289 g/mol. The molecule has 0 bridgehead atoms. The number of amides is 1. The van der Waals surface area contributed by atoms with E-state index in [4.69, 9.17) is 0 Å². The average Bonchev–Trinajstić information content (AvgIpc) is 2.81. The van der Waals surface area contributed by atoms with Crippen LogP contribution in [0.3, 0.4) is 0 Å². The number of carbonyl (C=O) groups is 2. The van der Waals surface area contributed by atoms with Gasteiger partial charge in [-0.1, -0.05) is 39.0 Å². The van der Waals surface area contributed by atoms with Crippen LogP contribution in [0.1, 0.15) is 43.9 Å². The van der Waals surface area contributed by atoms with E-state index in [2.05, 4.69) is 17.4 Å². The van der Waals surface area contributed by atoms with Crippen molar-refractivity contribution in [3.63, 3.8) is 0 Å². The lowest BCUT2D eigenvalue weighted by molar-refractivity contribution is -0.144. The normalized spacial score (nSPS) is 15.4. The largest absolute Gasteiger partial charge is 0.480 e. The van der Waals surface area contributed by atoms with E-state index >= 15 is 0 Å². The first kappa shape index (κ1) is 15.5. The summed E-state index contributed by atoms with van der Waals surface area (Å²) in [4.78, 5) is 23.4. The summed E-state index contributed by atoms with van der Waals surface area (Å²) < 4.78 is 0. The van der Waals surface area contributed by atoms with Crippen LogP contribution in [0.15, 0.2) is 18.2 Å². The number of carbonyl (C=O) groups excluding carboxylic acids is 1. The third-order valence-corrected chi connectivity index (χ3v) is 3.95. The van der Waals surface area contributed by atoms with E-state index in [9.17, 15) is 14.7 Å². The summed E-state index contributed by atoms with van der Waals surface area (Å²) in [6.07, 6.45) is 3.60. The predicted octanol–water partition coefficient (Wildman–Crippen LogP) is 2.33. The fourth-order valence-corrected chi connectivity index (χ4v) is 2.78. The number of aliphatic carboxylic acids is 1. The molecule has 0 radical (unpaired) electrons. The Kier molecular flexibility index (Phi) is 4.35. The minimum Gasteiger partial charge on any atom is -0.480 e. The Morgan fingerprint density at radius 1 is 1.24 bits per heavy atom. The molecule has 0 unspecified atom stereocenters. The molecule has 1 atom stereocenters. The van der Waals surface area contributed by atoms with Gasteiger partial charge in [-0.15, -0.1) is 0 Å². The fraction of sp³-hybridized carbons (Fsp3) is 0.529. The molecule has 0 spiro atoms. The molecule has 0 heterocycles. The third kappa shape index (κ3) is 3.84. The van der Waals surface area contributed by atoms with Crippen LogP contribution < -0.4 is 5.32 Å². The molecule has 4 heteroatoms. The molecule has 1 aliphatic rings. The Balaban J connectivity index is 2.03. The van der Waals surface area contributed by atoms with Crippen LogP contribution in [0.4, 0.5) is 0 Å². The van der Waals surface area contributed by atoms with Crippen LogP contribution in [0.25, 0.3) is 0 Å². The highest BCUT2D eigenvalue weighted by Crippen LogP contribution is 2.23. The molecular formula is C17H23NO3. The summed E-state index contributed by atoms with van der Waals surface area (Å²) >= 11 is 0. The Morgan fingerprint density at radius 2 is 1.90 bits per heavy atom. The van der Waals surface area contributed by atoms with E-state index in [1.165, 1.54) is 17.5 Å². The molecule has 4 nitrogen and oxygen atoms in total. The lowest BCUT2D eigenvalue weighted by atomic mass is 9.86. The van der Waals surface area contributed by atoms with Gasteiger partial charge in [0.1, 0.15) is 6.04 Å². The van der Waals surface area contributed by atoms with Gasteiger partial charge in [0.25, 0.3) is 0 Å². The minimum atomic E-state index is -0.996. The molecule has 114 valence electrons. The number of hydrogen-bond acceptors (Lipinski definition) is 2. The second kappa shape index (κ2) is 5.88. The topological polar surface area (TPSA) is 66.4 Å². The zero-order valence-electron chi connectivity index (χ0n) is 12.9. The van der Waals surface area contributed by atoms with Crippen LogP contribution in [0, 0.1) is 5.41 Å². The quantitative estimate of drug-likeness (QED) is 0.894. The van der Waals surface area contributed by atoms with Gasteiger partial charge in [-0.25, -0.2) is 4.79 Å². The molecule has 0 aliphatic heterocycles. The van der Waals surface area contributed by atoms with E-state index in [0.29, 0.717) is 0 Å². The summed E-state index contributed by atoms with van der Waals surface area (Å²) in [5.41, 5.74) is 3.13. The van der Waals surface area contributed by atoms with E-state index < -0.39 is 17.4 Å². The third-order valence-electron chi connectivity index (χ3n) is 3.95. The first-order valence-corrected chi connectivity index (χ1v) is 7.40. The van der Waals surface area contributed by atoms with Crippen molar-refractivity contribution < 1.29 is 14.7 Å². The van der Waals surface area contributed by atoms with Gasteiger partial charge in [0.05, 0.1) is 6.42 Å². The van der Waals surface area contributed by atoms with Crippen molar-refractivity contribution in [2.75, 3.05) is 0 Å². The zero-order valence-corrected chi connectivity index (χ0v) is 12.9. The number of carboxylic acids is 1. The van der Waals surface area contributed by atoms with Gasteiger partial charge in [-0.05, 0) is 41.4 Å². The van der Waals surface area contributed by atoms with E-state index in [1.54, 1.807) is 0 Å². The highest BCUT2D eigenvalue weighted by atomic mass is 16.4. The van der Waals surface area contributed by atoms with Crippen LogP contribution >= 0.6 is 0 Å². The lowest BCUT2D eigenvalue weighted by Crippen LogP contribution is -2.49. The molecule has 1 aromatic carbocycles. The van der Waals surface area contributed by atoms with Crippen LogP contribution in [0.5, 0.6) is 0 Å². The Morgan fingerprint density at radius 3 is 2.52 bits per heavy atom. The number of rotatable bonds is 4. The number of carboxylic acid groups (broad SMARTS) is 1. The first-order valence-electron chi connectivity index (χ1n) is 7.40. The smallest absolute Gasteiger partial charge is 0.326 e. The maximum Gasteiger partial charge on any atom is 0.326 e. The highest BCUT2D eigenvalue weighted by molar-refractivity contribution is 5.85. The monoisotopic (exact) mass is 289 g/mol. The summed E-state index contributed by atoms with van der Waals surface area (Å²) in [6, 6.07) is 5.26. The first-order chi connectivity index (χ1) is 9.77. The number of nitrogens with one attached hydrogen (secondary N) is 1. The van der Waals surface area contributed by atoms with Crippen molar-refractivity contribution >= 4 is 11.9 Å². The van der Waals surface area contributed by atoms with Crippen LogP contribution in [0.2, 0.25) is 0 Å². The number of benzene rings is 1. The van der Waals surface area contributed by atoms with Gasteiger partial charge in [0.2, 0.25) is 5.91 Å². The van der Waals surface area contributed by atoms with Crippen molar-refractivity contribution in [3.05, 3.63) is 34.9 Å². The molecule has 1 aromatic rings. The second-order valence-corrected chi connectivity index (χ2v) is 6.84. The molecule has 21 heavy (non-hydrogen) atoms. The van der Waals surface area contributed by atoms with Gasteiger partial charge in [0, 0.05) is 0 Å². The summed E-state index contributed by atoms with van der Waals surface area (Å²) in [7, 11) is 0. The Hall–Kier alpha value is -1.84. The van der Waals surface area contributed by atoms with Crippen molar-refractivity contribution in [2.24, 2.45) is 5.41 Å². The zero-order chi connectivity index (χ0) is 15.6. The van der Waals surface area contributed by atoms with Crippen LogP contribution in [-0.2, 0) is 28.9 Å². The van der Waals surface area contributed by atoms with Crippen molar-refractivity contribution in [1.82, 2.24) is 5.32 Å². The summed E-state index contributed by atoms with van der Waals surface area (Å²) in [5.74, 6) is -1.24. The van der Waals surface area contributed by atoms with Gasteiger partial charge in [-0.3, -0.25) is 4.79 Å². The van der Waals surface area contributed by atoms with Gasteiger partial charge in [-0.2, -0.15) is 0 Å². The molecular weight excluding hydrogens is 266 g/mol. The maximum absolute atomic E-state index is 12.1. The minimum absolute atomic E-state index is 0.229. The Labute approximate surface area is 125 Å².